The Bertz CT molecular complexity index is 561. The van der Waals surface area contributed by atoms with E-state index in [0.29, 0.717) is 11.5 Å². The summed E-state index contributed by atoms with van der Waals surface area (Å²) in [6.07, 6.45) is 8.82. The van der Waals surface area contributed by atoms with Crippen molar-refractivity contribution in [1.82, 2.24) is 0 Å². The van der Waals surface area contributed by atoms with Crippen molar-refractivity contribution >= 4 is 11.9 Å². The lowest BCUT2D eigenvalue weighted by Crippen LogP contribution is -2.06. The van der Waals surface area contributed by atoms with Crippen LogP contribution in [0.3, 0.4) is 0 Å². The summed E-state index contributed by atoms with van der Waals surface area (Å²) in [5.74, 6) is 0.155. The van der Waals surface area contributed by atoms with Crippen LogP contribution < -0.4 is 0 Å². The molecule has 0 aliphatic carbocycles. The molecule has 134 valence electrons. The van der Waals surface area contributed by atoms with E-state index in [1.807, 2.05) is 6.08 Å². The molecular weight excluding hydrogens is 304 g/mol. The fraction of sp³-hybridized carbons (Fsp3) is 0.550. The first kappa shape index (κ1) is 20.2. The first-order valence-corrected chi connectivity index (χ1v) is 8.72. The Hall–Kier alpha value is -1.81. The van der Waals surface area contributed by atoms with Crippen LogP contribution in [0.4, 0.5) is 0 Å². The minimum Gasteiger partial charge on any atom is -0.508 e. The van der Waals surface area contributed by atoms with Crippen molar-refractivity contribution in [3.05, 3.63) is 29.3 Å². The fourth-order valence-electron chi connectivity index (χ4n) is 2.74. The smallest absolute Gasteiger partial charge is 0.164 e. The summed E-state index contributed by atoms with van der Waals surface area (Å²) in [5.41, 5.74) is 0.732. The molecule has 1 aromatic rings. The van der Waals surface area contributed by atoms with E-state index in [2.05, 4.69) is 13.8 Å². The highest BCUT2D eigenvalue weighted by Gasteiger charge is 2.12. The Labute approximate surface area is 144 Å². The van der Waals surface area contributed by atoms with Crippen molar-refractivity contribution in [1.29, 1.82) is 0 Å². The Morgan fingerprint density at radius 2 is 1.79 bits per heavy atom. The third-order valence-electron chi connectivity index (χ3n) is 4.01. The molecule has 3 N–H and O–H groups in total. The highest BCUT2D eigenvalue weighted by Crippen LogP contribution is 2.28. The molecule has 0 radical (unpaired) electrons. The molecule has 0 fully saturated rings. The molecule has 0 bridgehead atoms. The number of hydrogen-bond donors (Lipinski definition) is 3. The van der Waals surface area contributed by atoms with Crippen molar-refractivity contribution in [2.24, 2.45) is 5.92 Å². The minimum absolute atomic E-state index is 0.0716. The lowest BCUT2D eigenvalue weighted by molar-refractivity contribution is 0.101. The summed E-state index contributed by atoms with van der Waals surface area (Å²) in [6, 6.07) is 2.63. The number of allylic oxidation sites excluding steroid dienone is 1. The van der Waals surface area contributed by atoms with E-state index >= 15 is 0 Å². The van der Waals surface area contributed by atoms with Crippen molar-refractivity contribution < 1.29 is 20.1 Å². The number of hydrogen-bond acceptors (Lipinski definition) is 4. The molecule has 0 aromatic heterocycles. The van der Waals surface area contributed by atoms with Gasteiger partial charge in [-0.15, -0.1) is 0 Å². The van der Waals surface area contributed by atoms with Gasteiger partial charge in [0.05, 0.1) is 11.7 Å². The number of Topliss-reactive ketones (excluding diaryl/α,β-unsaturated/α-hetero) is 1. The van der Waals surface area contributed by atoms with Crippen LogP contribution in [-0.2, 0) is 0 Å². The average molecular weight is 334 g/mol. The van der Waals surface area contributed by atoms with Crippen molar-refractivity contribution in [3.63, 3.8) is 0 Å². The maximum atomic E-state index is 11.6. The monoisotopic (exact) mass is 334 g/mol. The normalized spacial score (nSPS) is 12.9. The lowest BCUT2D eigenvalue weighted by atomic mass is 10.00. The van der Waals surface area contributed by atoms with Gasteiger partial charge in [0.2, 0.25) is 0 Å². The van der Waals surface area contributed by atoms with Crippen LogP contribution in [0.25, 0.3) is 6.08 Å². The minimum atomic E-state index is -0.255. The molecule has 0 unspecified atom stereocenters. The molecule has 0 saturated carbocycles. The van der Waals surface area contributed by atoms with Gasteiger partial charge in [-0.05, 0) is 50.2 Å². The number of aromatic hydroxyl groups is 2. The molecular formula is C20H30O4. The topological polar surface area (TPSA) is 77.8 Å². The van der Waals surface area contributed by atoms with E-state index in [0.717, 1.165) is 38.5 Å². The van der Waals surface area contributed by atoms with Gasteiger partial charge in [0.15, 0.2) is 5.78 Å². The second kappa shape index (κ2) is 10.1. The number of rotatable bonds is 10. The summed E-state index contributed by atoms with van der Waals surface area (Å²) < 4.78 is 0. The average Bonchev–Trinajstić information content (AvgIpc) is 2.45. The van der Waals surface area contributed by atoms with E-state index in [4.69, 9.17) is 0 Å². The number of ketones is 1. The summed E-state index contributed by atoms with van der Waals surface area (Å²) in [5, 5.41) is 29.3. The quantitative estimate of drug-likeness (QED) is 0.429. The second-order valence-electron chi connectivity index (χ2n) is 6.80. The van der Waals surface area contributed by atoms with Crippen molar-refractivity contribution in [3.8, 4) is 11.5 Å². The molecule has 0 heterocycles. The summed E-state index contributed by atoms with van der Waals surface area (Å²) in [6.45, 7) is 5.76. The Morgan fingerprint density at radius 3 is 2.42 bits per heavy atom. The van der Waals surface area contributed by atoms with E-state index in [1.54, 1.807) is 6.08 Å². The number of benzene rings is 1. The van der Waals surface area contributed by atoms with Crippen LogP contribution in [0, 0.1) is 5.92 Å². The molecule has 1 rings (SSSR count). The lowest BCUT2D eigenvalue weighted by Gasteiger charge is -2.10. The van der Waals surface area contributed by atoms with Gasteiger partial charge in [0.25, 0.3) is 0 Å². The maximum absolute atomic E-state index is 11.6. The van der Waals surface area contributed by atoms with E-state index in [1.165, 1.54) is 19.1 Å². The van der Waals surface area contributed by atoms with Gasteiger partial charge in [-0.1, -0.05) is 38.8 Å². The van der Waals surface area contributed by atoms with Gasteiger partial charge >= 0.3 is 0 Å². The number of carbonyl (C=O) groups is 1. The van der Waals surface area contributed by atoms with E-state index in [9.17, 15) is 20.1 Å². The zero-order chi connectivity index (χ0) is 18.1. The van der Waals surface area contributed by atoms with Gasteiger partial charge < -0.3 is 15.3 Å². The van der Waals surface area contributed by atoms with Gasteiger partial charge in [-0.3, -0.25) is 4.79 Å². The number of aliphatic hydroxyl groups is 1. The van der Waals surface area contributed by atoms with Gasteiger partial charge in [0, 0.05) is 6.07 Å². The predicted molar refractivity (Wildman–Crippen MR) is 97.4 cm³/mol. The second-order valence-corrected chi connectivity index (χ2v) is 6.80. The van der Waals surface area contributed by atoms with Crippen LogP contribution in [0.1, 0.15) is 75.2 Å². The maximum Gasteiger partial charge on any atom is 0.164 e. The molecule has 24 heavy (non-hydrogen) atoms. The third kappa shape index (κ3) is 7.18. The van der Waals surface area contributed by atoms with Gasteiger partial charge in [-0.25, -0.2) is 0 Å². The standard InChI is InChI=1S/C20H30O4/c1-14(2)8-7-11-17(22)10-6-4-5-9-16-12-18(23)13-19(24)20(16)15(3)21/h5,9,12-14,17,22-24H,4,6-8,10-11H2,1-3H3/b9-5+/t17-/m1/s1. The first-order chi connectivity index (χ1) is 11.3. The predicted octanol–water partition coefficient (Wildman–Crippen LogP) is 4.67. The molecule has 1 aromatic carbocycles. The van der Waals surface area contributed by atoms with Crippen molar-refractivity contribution in [2.45, 2.75) is 65.4 Å². The number of phenols is 2. The largest absolute Gasteiger partial charge is 0.508 e. The molecule has 0 aliphatic rings. The summed E-state index contributed by atoms with van der Waals surface area (Å²) >= 11 is 0. The number of aliphatic hydroxyl groups excluding tert-OH is 1. The van der Waals surface area contributed by atoms with E-state index < -0.39 is 0 Å². The molecule has 0 aliphatic heterocycles. The molecule has 4 nitrogen and oxygen atoms in total. The van der Waals surface area contributed by atoms with Crippen LogP contribution >= 0.6 is 0 Å². The number of unbranched alkanes of at least 4 members (excludes halogenated alkanes) is 1. The van der Waals surface area contributed by atoms with Crippen LogP contribution in [0.5, 0.6) is 11.5 Å². The Balaban J connectivity index is 2.47. The molecule has 4 heteroatoms. The molecule has 1 atom stereocenters. The molecule has 0 amide bonds. The van der Waals surface area contributed by atoms with E-state index in [-0.39, 0.29) is 28.9 Å². The highest BCUT2D eigenvalue weighted by atomic mass is 16.3. The number of phenolic OH excluding ortho intramolecular Hbond substituents is 2. The Kier molecular flexibility index (Phi) is 8.55. The zero-order valence-corrected chi connectivity index (χ0v) is 15.0. The zero-order valence-electron chi connectivity index (χ0n) is 15.0. The van der Waals surface area contributed by atoms with Gasteiger partial charge in [0.1, 0.15) is 11.5 Å². The summed E-state index contributed by atoms with van der Waals surface area (Å²) in [4.78, 5) is 11.6. The Morgan fingerprint density at radius 1 is 1.12 bits per heavy atom. The van der Waals surface area contributed by atoms with Gasteiger partial charge in [-0.2, -0.15) is 0 Å². The fourth-order valence-corrected chi connectivity index (χ4v) is 2.74. The van der Waals surface area contributed by atoms with Crippen LogP contribution in [0.15, 0.2) is 18.2 Å². The molecule has 0 saturated heterocycles. The SMILES string of the molecule is CC(=O)c1c(O)cc(O)cc1/C=C/CCC[C@@H](O)CCCC(C)C. The highest BCUT2D eigenvalue weighted by molar-refractivity contribution is 6.00. The van der Waals surface area contributed by atoms with Crippen LogP contribution in [0.2, 0.25) is 0 Å². The number of carbonyl (C=O) groups excluding carboxylic acids is 1. The summed E-state index contributed by atoms with van der Waals surface area (Å²) in [7, 11) is 0. The molecule has 0 spiro atoms. The third-order valence-corrected chi connectivity index (χ3v) is 4.01. The van der Waals surface area contributed by atoms with Crippen molar-refractivity contribution in [2.75, 3.05) is 0 Å². The first-order valence-electron chi connectivity index (χ1n) is 8.72. The van der Waals surface area contributed by atoms with Crippen LogP contribution in [-0.4, -0.2) is 27.2 Å².